The van der Waals surface area contributed by atoms with Crippen LogP contribution in [0.1, 0.15) is 35.4 Å². The van der Waals surface area contributed by atoms with E-state index in [1.807, 2.05) is 0 Å². The molecule has 0 radical (unpaired) electrons. The van der Waals surface area contributed by atoms with Crippen LogP contribution < -0.4 is 4.74 Å². The average Bonchev–Trinajstić information content (AvgIpc) is 3.12. The summed E-state index contributed by atoms with van der Waals surface area (Å²) in [4.78, 5) is 5.58. The van der Waals surface area contributed by atoms with Gasteiger partial charge >= 0.3 is 0 Å². The quantitative estimate of drug-likeness (QED) is 0.816. The van der Waals surface area contributed by atoms with Crippen molar-refractivity contribution in [2.45, 2.75) is 44.3 Å². The highest BCUT2D eigenvalue weighted by molar-refractivity contribution is 5.33. The van der Waals surface area contributed by atoms with Crippen molar-refractivity contribution in [3.05, 3.63) is 65.2 Å². The molecule has 4 aliphatic rings. The number of fused-ring (bicyclic) bond motifs is 2. The van der Waals surface area contributed by atoms with Crippen LogP contribution in [0.2, 0.25) is 0 Å². The topological polar surface area (TPSA) is 15.7 Å². The zero-order chi connectivity index (χ0) is 18.4. The van der Waals surface area contributed by atoms with Gasteiger partial charge in [-0.2, -0.15) is 0 Å². The molecule has 142 valence electrons. The Kier molecular flexibility index (Phi) is 4.45. The lowest BCUT2D eigenvalue weighted by atomic mass is 9.75. The molecular formula is C24H30N2O. The second-order valence-corrected chi connectivity index (χ2v) is 8.65. The first-order chi connectivity index (χ1) is 13.2. The lowest BCUT2D eigenvalue weighted by Crippen LogP contribution is -2.59. The highest BCUT2D eigenvalue weighted by Crippen LogP contribution is 2.47. The molecule has 0 aromatic heterocycles. The van der Waals surface area contributed by atoms with Crippen LogP contribution in [0.25, 0.3) is 0 Å². The monoisotopic (exact) mass is 362 g/mol. The number of hydrogen-bond acceptors (Lipinski definition) is 3. The van der Waals surface area contributed by atoms with E-state index in [9.17, 15) is 0 Å². The third-order valence-electron chi connectivity index (χ3n) is 7.14. The number of piperidine rings is 3. The Morgan fingerprint density at radius 2 is 1.63 bits per heavy atom. The third-order valence-corrected chi connectivity index (χ3v) is 7.14. The normalized spacial score (nSPS) is 32.4. The Morgan fingerprint density at radius 3 is 2.30 bits per heavy atom. The Morgan fingerprint density at radius 1 is 0.926 bits per heavy atom. The summed E-state index contributed by atoms with van der Waals surface area (Å²) >= 11 is 0. The van der Waals surface area contributed by atoms with Crippen LogP contribution in [0.5, 0.6) is 5.75 Å². The van der Waals surface area contributed by atoms with Gasteiger partial charge in [0.25, 0.3) is 0 Å². The number of nitrogens with zero attached hydrogens (tertiary/aromatic N) is 2. The number of ether oxygens (including phenoxy) is 1. The Labute approximate surface area is 162 Å². The summed E-state index contributed by atoms with van der Waals surface area (Å²) < 4.78 is 5.38. The number of benzene rings is 2. The Bertz CT molecular complexity index is 777. The van der Waals surface area contributed by atoms with E-state index in [1.54, 1.807) is 7.11 Å². The van der Waals surface area contributed by atoms with Gasteiger partial charge in [-0.05, 0) is 62.0 Å². The van der Waals surface area contributed by atoms with Crippen LogP contribution in [0, 0.1) is 12.8 Å². The van der Waals surface area contributed by atoms with E-state index in [-0.39, 0.29) is 0 Å². The first-order valence-electron chi connectivity index (χ1n) is 10.4. The molecule has 4 heterocycles. The zero-order valence-electron chi connectivity index (χ0n) is 16.5. The molecule has 0 unspecified atom stereocenters. The standard InChI is InChI=1S/C24H30N2O/c1-17-3-5-18(6-4-17)15-26-16-22(19-7-9-21(27-2)10-8-19)24-23(26)20-11-13-25(24)14-12-20/h3-10,20,22-24H,11-16H2,1-2H3/t22-,23+,24+/m0/s1. The molecule has 4 fully saturated rings. The van der Waals surface area contributed by atoms with Crippen LogP contribution in [-0.4, -0.2) is 48.6 Å². The van der Waals surface area contributed by atoms with E-state index in [1.165, 1.54) is 49.2 Å². The van der Waals surface area contributed by atoms with Crippen molar-refractivity contribution in [3.8, 4) is 5.75 Å². The largest absolute Gasteiger partial charge is 0.497 e. The predicted molar refractivity (Wildman–Crippen MR) is 109 cm³/mol. The number of rotatable bonds is 4. The van der Waals surface area contributed by atoms with Gasteiger partial charge in [-0.3, -0.25) is 9.80 Å². The molecular weight excluding hydrogens is 332 g/mol. The van der Waals surface area contributed by atoms with Crippen LogP contribution in [-0.2, 0) is 6.54 Å². The molecule has 0 N–H and O–H groups in total. The van der Waals surface area contributed by atoms with Crippen molar-refractivity contribution in [2.75, 3.05) is 26.7 Å². The fraction of sp³-hybridized carbons (Fsp3) is 0.500. The van der Waals surface area contributed by atoms with Crippen LogP contribution in [0.15, 0.2) is 48.5 Å². The molecule has 0 aliphatic carbocycles. The van der Waals surface area contributed by atoms with Gasteiger partial charge in [-0.25, -0.2) is 0 Å². The summed E-state index contributed by atoms with van der Waals surface area (Å²) in [6.07, 6.45) is 2.75. The first kappa shape index (κ1) is 17.3. The van der Waals surface area contributed by atoms with Gasteiger partial charge in [0.1, 0.15) is 5.75 Å². The smallest absolute Gasteiger partial charge is 0.118 e. The lowest BCUT2D eigenvalue weighted by Gasteiger charge is -2.51. The summed E-state index contributed by atoms with van der Waals surface area (Å²) in [5, 5.41) is 0. The van der Waals surface area contributed by atoms with E-state index in [0.717, 1.165) is 18.2 Å². The minimum atomic E-state index is 0.606. The molecule has 0 spiro atoms. The number of likely N-dealkylation sites (tertiary alicyclic amines) is 1. The number of hydrogen-bond donors (Lipinski definition) is 0. The fourth-order valence-electron chi connectivity index (χ4n) is 5.79. The maximum Gasteiger partial charge on any atom is 0.118 e. The lowest BCUT2D eigenvalue weighted by molar-refractivity contribution is -0.00869. The summed E-state index contributed by atoms with van der Waals surface area (Å²) in [6.45, 7) is 7.00. The van der Waals surface area contributed by atoms with E-state index < -0.39 is 0 Å². The van der Waals surface area contributed by atoms with Gasteiger partial charge < -0.3 is 4.74 Å². The van der Waals surface area contributed by atoms with Gasteiger partial charge in [-0.1, -0.05) is 42.0 Å². The molecule has 2 aromatic carbocycles. The van der Waals surface area contributed by atoms with Crippen LogP contribution in [0.3, 0.4) is 0 Å². The number of methoxy groups -OCH3 is 1. The minimum Gasteiger partial charge on any atom is -0.497 e. The maximum absolute atomic E-state index is 5.38. The van der Waals surface area contributed by atoms with Gasteiger partial charge in [0, 0.05) is 31.1 Å². The molecule has 4 saturated heterocycles. The molecule has 27 heavy (non-hydrogen) atoms. The van der Waals surface area contributed by atoms with Crippen molar-refractivity contribution in [1.82, 2.24) is 9.80 Å². The molecule has 3 atom stereocenters. The number of aryl methyl sites for hydroxylation is 1. The average molecular weight is 363 g/mol. The first-order valence-corrected chi connectivity index (χ1v) is 10.4. The SMILES string of the molecule is COc1ccc([C@@H]2CN(Cc3ccc(C)cc3)[C@@H]3C4CCN(CC4)[C@@H]32)cc1. The zero-order valence-corrected chi connectivity index (χ0v) is 16.5. The van der Waals surface area contributed by atoms with Crippen molar-refractivity contribution in [3.63, 3.8) is 0 Å². The molecule has 2 bridgehead atoms. The molecule has 6 rings (SSSR count). The van der Waals surface area contributed by atoms with Gasteiger partial charge in [0.15, 0.2) is 0 Å². The summed E-state index contributed by atoms with van der Waals surface area (Å²) in [5.74, 6) is 2.43. The van der Waals surface area contributed by atoms with Crippen LogP contribution >= 0.6 is 0 Å². The van der Waals surface area contributed by atoms with Crippen molar-refractivity contribution in [1.29, 1.82) is 0 Å². The fourth-order valence-corrected chi connectivity index (χ4v) is 5.79. The van der Waals surface area contributed by atoms with Crippen molar-refractivity contribution < 1.29 is 4.74 Å². The summed E-state index contributed by atoms with van der Waals surface area (Å²) in [5.41, 5.74) is 4.27. The maximum atomic E-state index is 5.38. The van der Waals surface area contributed by atoms with Crippen molar-refractivity contribution in [2.24, 2.45) is 5.92 Å². The second kappa shape index (κ2) is 6.96. The van der Waals surface area contributed by atoms with Gasteiger partial charge in [-0.15, -0.1) is 0 Å². The molecule has 3 heteroatoms. The van der Waals surface area contributed by atoms with E-state index in [4.69, 9.17) is 4.74 Å². The van der Waals surface area contributed by atoms with E-state index >= 15 is 0 Å². The predicted octanol–water partition coefficient (Wildman–Crippen LogP) is 4.07. The molecule has 0 amide bonds. The van der Waals surface area contributed by atoms with Crippen LogP contribution in [0.4, 0.5) is 0 Å². The highest BCUT2D eigenvalue weighted by Gasteiger charge is 2.53. The second-order valence-electron chi connectivity index (χ2n) is 8.65. The van der Waals surface area contributed by atoms with E-state index in [2.05, 4.69) is 65.3 Å². The van der Waals surface area contributed by atoms with E-state index in [0.29, 0.717) is 18.0 Å². The Balaban J connectivity index is 1.44. The highest BCUT2D eigenvalue weighted by atomic mass is 16.5. The van der Waals surface area contributed by atoms with Crippen molar-refractivity contribution >= 4 is 0 Å². The van der Waals surface area contributed by atoms with Gasteiger partial charge in [0.05, 0.1) is 7.11 Å². The molecule has 2 aromatic rings. The molecule has 0 saturated carbocycles. The van der Waals surface area contributed by atoms with Gasteiger partial charge in [0.2, 0.25) is 0 Å². The molecule has 3 nitrogen and oxygen atoms in total. The molecule has 4 aliphatic heterocycles. The third kappa shape index (κ3) is 3.07. The Hall–Kier alpha value is -1.84. The summed E-state index contributed by atoms with van der Waals surface area (Å²) in [6, 6.07) is 19.3. The minimum absolute atomic E-state index is 0.606. The summed E-state index contributed by atoms with van der Waals surface area (Å²) in [7, 11) is 1.75.